The molecule has 8 nitrogen and oxygen atoms in total. The first-order valence-electron chi connectivity index (χ1n) is 30.9. The van der Waals surface area contributed by atoms with E-state index in [-0.39, 0.29) is 25.6 Å². The number of benzene rings is 13. The maximum atomic E-state index is 16.4. The molecule has 0 unspecified atom stereocenters. The van der Waals surface area contributed by atoms with Crippen LogP contribution in [0, 0.1) is 0 Å². The maximum absolute atomic E-state index is 16.4. The summed E-state index contributed by atoms with van der Waals surface area (Å²) in [5, 5.41) is 1.22. The second-order valence-corrected chi connectivity index (χ2v) is 24.2. The molecule has 13 aromatic carbocycles. The molecule has 11 heteroatoms. The Morgan fingerprint density at radius 3 is 1.14 bits per heavy atom. The van der Waals surface area contributed by atoms with Crippen molar-refractivity contribution in [3.8, 4) is 28.7 Å². The quantitative estimate of drug-likeness (QED) is 0.121. The summed E-state index contributed by atoms with van der Waals surface area (Å²) in [6, 6.07) is 104. The van der Waals surface area contributed by atoms with E-state index < -0.39 is 0 Å². The largest absolute Gasteiger partial charge is 0.458 e. The molecular formula is C79H48B3N5O3. The average Bonchev–Trinajstić information content (AvgIpc) is 0.681. The molecule has 0 saturated heterocycles. The fourth-order valence-corrected chi connectivity index (χ4v) is 16.0. The molecule has 14 aromatic rings. The number of para-hydroxylation sites is 9. The average molecular weight is 1150 g/mol. The number of fused-ring (bicyclic) bond motifs is 16. The van der Waals surface area contributed by atoms with E-state index in [2.05, 4.69) is 309 Å². The fourth-order valence-electron chi connectivity index (χ4n) is 16.0. The van der Waals surface area contributed by atoms with Crippen LogP contribution in [0.25, 0.3) is 27.5 Å². The van der Waals surface area contributed by atoms with Crippen LogP contribution in [0.2, 0.25) is 0 Å². The van der Waals surface area contributed by atoms with E-state index in [9.17, 15) is 0 Å². The highest BCUT2D eigenvalue weighted by Crippen LogP contribution is 2.50. The Balaban J connectivity index is 0.839. The minimum atomic E-state index is -0.285. The Labute approximate surface area is 520 Å². The number of ether oxygens (including phenoxy) is 2. The molecule has 90 heavy (non-hydrogen) atoms. The minimum Gasteiger partial charge on any atom is -0.458 e. The zero-order valence-electron chi connectivity index (χ0n) is 48.4. The van der Waals surface area contributed by atoms with Crippen molar-refractivity contribution in [3.63, 3.8) is 0 Å². The molecule has 0 atom stereocenters. The standard InChI is InChI=1S/C79H48B3N5O3/c88-79-55-44-61-71(89-73-43-54(83(49-24-6-1-7-25-49)50-26-8-2-9-27-50)42-69-75(73)81(61)58-35-17-21-39-64(58)84(69)51-28-10-3-11-29-51)46-67(55)86(53-32-14-5-15-33-53)68-47-72-62(45-56(68)79)82-60-37-19-23-41-66(60)87-65-40-22-18-36-59(65)80-57-34-16-20-38-63(57)85(52-30-12-4-13-31-52)70-48-74(90-72)77(82)78(87)76(70)80/h1-48H. The molecule has 1 aromatic heterocycles. The monoisotopic (exact) mass is 1150 g/mol. The lowest BCUT2D eigenvalue weighted by Crippen LogP contribution is -2.67. The lowest BCUT2D eigenvalue weighted by Gasteiger charge is -2.49. The number of rotatable bonds is 6. The molecule has 7 heterocycles. The van der Waals surface area contributed by atoms with Crippen LogP contribution < -0.4 is 83.7 Å². The van der Waals surface area contributed by atoms with E-state index in [1.807, 2.05) is 6.07 Å². The van der Waals surface area contributed by atoms with Gasteiger partial charge in [-0.3, -0.25) is 4.79 Å². The number of nitrogens with zero attached hydrogens (tertiary/aromatic N) is 5. The Bertz CT molecular complexity index is 5410. The fraction of sp³-hybridized carbons (Fsp3) is 0. The first kappa shape index (κ1) is 49.4. The van der Waals surface area contributed by atoms with Gasteiger partial charge in [-0.1, -0.05) is 164 Å². The van der Waals surface area contributed by atoms with Gasteiger partial charge in [0.25, 0.3) is 20.1 Å². The topological polar surface area (TPSA) is 53.4 Å². The van der Waals surface area contributed by atoms with Gasteiger partial charge < -0.3 is 33.6 Å². The first-order chi connectivity index (χ1) is 44.6. The van der Waals surface area contributed by atoms with Crippen molar-refractivity contribution in [1.29, 1.82) is 0 Å². The van der Waals surface area contributed by atoms with Crippen LogP contribution in [0.1, 0.15) is 0 Å². The van der Waals surface area contributed by atoms with Crippen LogP contribution in [0.4, 0.5) is 68.2 Å². The summed E-state index contributed by atoms with van der Waals surface area (Å²) in [5.74, 6) is 2.94. The Hall–Kier alpha value is -11.7. The summed E-state index contributed by atoms with van der Waals surface area (Å²) in [6.45, 7) is -0.599. The molecule has 20 rings (SSSR count). The molecule has 0 spiro atoms. The highest BCUT2D eigenvalue weighted by molar-refractivity contribution is 7.04. The van der Waals surface area contributed by atoms with Crippen molar-refractivity contribution in [2.75, 3.05) is 19.6 Å². The van der Waals surface area contributed by atoms with E-state index in [0.29, 0.717) is 22.3 Å². The normalized spacial score (nSPS) is 13.6. The lowest BCUT2D eigenvalue weighted by molar-refractivity contribution is 0.488. The molecular weight excluding hydrogens is 1100 g/mol. The Kier molecular flexibility index (Phi) is 10.3. The first-order valence-corrected chi connectivity index (χ1v) is 30.9. The van der Waals surface area contributed by atoms with E-state index in [1.165, 1.54) is 16.4 Å². The van der Waals surface area contributed by atoms with Gasteiger partial charge in [-0.25, -0.2) is 0 Å². The highest BCUT2D eigenvalue weighted by Gasteiger charge is 2.51. The summed E-state index contributed by atoms with van der Waals surface area (Å²) in [5.41, 5.74) is 25.2. The second-order valence-electron chi connectivity index (χ2n) is 24.2. The second kappa shape index (κ2) is 18.7. The van der Waals surface area contributed by atoms with Crippen LogP contribution in [0.5, 0.6) is 23.0 Å². The highest BCUT2D eigenvalue weighted by atomic mass is 16.5. The molecule has 0 amide bonds. The Morgan fingerprint density at radius 2 is 0.667 bits per heavy atom. The van der Waals surface area contributed by atoms with Crippen molar-refractivity contribution >= 4 is 159 Å². The van der Waals surface area contributed by atoms with Gasteiger partial charge in [-0.2, -0.15) is 0 Å². The van der Waals surface area contributed by atoms with Crippen LogP contribution in [-0.2, 0) is 0 Å². The number of anilines is 12. The van der Waals surface area contributed by atoms with Gasteiger partial charge in [0.2, 0.25) is 0 Å². The summed E-state index contributed by atoms with van der Waals surface area (Å²) in [6.07, 6.45) is 0. The summed E-state index contributed by atoms with van der Waals surface area (Å²) in [4.78, 5) is 26.0. The predicted molar refractivity (Wildman–Crippen MR) is 373 cm³/mol. The van der Waals surface area contributed by atoms with E-state index in [1.54, 1.807) is 0 Å². The zero-order chi connectivity index (χ0) is 58.9. The van der Waals surface area contributed by atoms with Crippen LogP contribution in [0.15, 0.2) is 296 Å². The predicted octanol–water partition coefficient (Wildman–Crippen LogP) is 13.0. The van der Waals surface area contributed by atoms with Gasteiger partial charge in [-0.05, 0) is 152 Å². The number of aromatic nitrogens is 1. The van der Waals surface area contributed by atoms with Crippen molar-refractivity contribution in [2.24, 2.45) is 0 Å². The maximum Gasteiger partial charge on any atom is 0.256 e. The molecule has 0 bridgehead atoms. The van der Waals surface area contributed by atoms with Gasteiger partial charge in [0.05, 0.1) is 16.7 Å². The van der Waals surface area contributed by atoms with Gasteiger partial charge in [0, 0.05) is 103 Å². The third-order valence-corrected chi connectivity index (χ3v) is 19.6. The van der Waals surface area contributed by atoms with Crippen molar-refractivity contribution in [3.05, 3.63) is 301 Å². The third-order valence-electron chi connectivity index (χ3n) is 19.6. The van der Waals surface area contributed by atoms with Crippen LogP contribution in [0.3, 0.4) is 0 Å². The minimum absolute atomic E-state index is 0.0481. The number of pyridine rings is 1. The lowest BCUT2D eigenvalue weighted by atomic mass is 9.29. The summed E-state index contributed by atoms with van der Waals surface area (Å²) in [7, 11) is 0. The van der Waals surface area contributed by atoms with Crippen molar-refractivity contribution in [1.82, 2.24) is 4.57 Å². The van der Waals surface area contributed by atoms with Crippen LogP contribution >= 0.6 is 0 Å². The summed E-state index contributed by atoms with van der Waals surface area (Å²) < 4.78 is 17.3. The van der Waals surface area contributed by atoms with Gasteiger partial charge in [-0.15, -0.1) is 0 Å². The zero-order valence-corrected chi connectivity index (χ0v) is 48.4. The van der Waals surface area contributed by atoms with E-state index in [4.69, 9.17) is 9.47 Å². The molecule has 0 saturated carbocycles. The van der Waals surface area contributed by atoms with Crippen molar-refractivity contribution < 1.29 is 9.47 Å². The molecule has 0 aliphatic carbocycles. The van der Waals surface area contributed by atoms with Gasteiger partial charge in [0.1, 0.15) is 23.0 Å². The molecule has 6 aliphatic heterocycles. The number of hydrogen-bond donors (Lipinski definition) is 0. The summed E-state index contributed by atoms with van der Waals surface area (Å²) >= 11 is 0. The van der Waals surface area contributed by atoms with Crippen molar-refractivity contribution in [2.45, 2.75) is 0 Å². The van der Waals surface area contributed by atoms with E-state index in [0.717, 1.165) is 129 Å². The molecule has 0 radical (unpaired) electrons. The number of hydrogen-bond acceptors (Lipinski definition) is 7. The van der Waals surface area contributed by atoms with Crippen LogP contribution in [-0.4, -0.2) is 24.7 Å². The SMILES string of the molecule is O=c1c2cc3c(cc2n(-c2ccccc2)c2cc4c(cc12)B1c2ccccc2N2c5ccccc5B5c6ccccc6N(c6ccccc6)c6cc(c1c2c65)O4)Oc1cc(N(c2ccccc2)c2ccccc2)cc2c1B3c1ccccc1N2c1ccccc1. The molecule has 416 valence electrons. The Morgan fingerprint density at radius 1 is 0.289 bits per heavy atom. The van der Waals surface area contributed by atoms with E-state index >= 15 is 4.79 Å². The third kappa shape index (κ3) is 6.80. The molecule has 0 fully saturated rings. The molecule has 0 N–H and O–H groups in total. The molecule has 6 aliphatic rings. The van der Waals surface area contributed by atoms with Gasteiger partial charge >= 0.3 is 0 Å². The smallest absolute Gasteiger partial charge is 0.256 e. The van der Waals surface area contributed by atoms with Gasteiger partial charge in [0.15, 0.2) is 5.43 Å².